The summed E-state index contributed by atoms with van der Waals surface area (Å²) in [6, 6.07) is 0.406. The topological polar surface area (TPSA) is 29.9 Å². The van der Waals surface area contributed by atoms with Crippen LogP contribution in [0, 0.1) is 0 Å². The van der Waals surface area contributed by atoms with Crippen molar-refractivity contribution in [1.29, 1.82) is 0 Å². The van der Waals surface area contributed by atoms with Gasteiger partial charge in [-0.15, -0.1) is 0 Å². The second kappa shape index (κ2) is 9.46. The van der Waals surface area contributed by atoms with Gasteiger partial charge in [0.25, 0.3) is 0 Å². The molecule has 1 N–H and O–H groups in total. The summed E-state index contributed by atoms with van der Waals surface area (Å²) < 4.78 is 2.26. The molecule has 0 aliphatic heterocycles. The highest BCUT2D eigenvalue weighted by Gasteiger charge is 2.19. The number of hydrogen-bond donors (Lipinski definition) is 1. The number of aromatic nitrogens is 2. The van der Waals surface area contributed by atoms with Gasteiger partial charge in [-0.1, -0.05) is 27.7 Å². The van der Waals surface area contributed by atoms with Crippen molar-refractivity contribution < 1.29 is 0 Å². The Kier molecular flexibility index (Phi) is 8.31. The summed E-state index contributed by atoms with van der Waals surface area (Å²) in [6.45, 7) is 13.2. The summed E-state index contributed by atoms with van der Waals surface area (Å²) in [5, 5.41) is 8.41. The van der Waals surface area contributed by atoms with E-state index in [1.807, 2.05) is 11.8 Å². The summed E-state index contributed by atoms with van der Waals surface area (Å²) in [6.07, 6.45) is 3.30. The molecule has 1 unspecified atom stereocenters. The maximum absolute atomic E-state index is 4.87. The molecule has 0 radical (unpaired) electrons. The van der Waals surface area contributed by atoms with E-state index in [9.17, 15) is 0 Å². The van der Waals surface area contributed by atoms with Crippen LogP contribution in [0.2, 0.25) is 0 Å². The molecule has 0 aliphatic rings. The predicted octanol–water partition coefficient (Wildman–Crippen LogP) is 3.82. The van der Waals surface area contributed by atoms with Gasteiger partial charge >= 0.3 is 0 Å². The van der Waals surface area contributed by atoms with E-state index >= 15 is 0 Å². The van der Waals surface area contributed by atoms with Crippen LogP contribution >= 0.6 is 11.8 Å². The molecule has 0 fully saturated rings. The van der Waals surface area contributed by atoms with Gasteiger partial charge in [0.15, 0.2) is 0 Å². The highest BCUT2D eigenvalue weighted by atomic mass is 32.2. The molecule has 1 rings (SSSR count). The molecule has 3 nitrogen and oxygen atoms in total. The predicted molar refractivity (Wildman–Crippen MR) is 90.7 cm³/mol. The van der Waals surface area contributed by atoms with Crippen molar-refractivity contribution in [2.45, 2.75) is 66.5 Å². The van der Waals surface area contributed by atoms with Gasteiger partial charge in [0, 0.05) is 23.8 Å². The van der Waals surface area contributed by atoms with Crippen LogP contribution in [0.25, 0.3) is 0 Å². The average Bonchev–Trinajstić information content (AvgIpc) is 2.81. The maximum atomic E-state index is 4.87. The smallest absolute Gasteiger partial charge is 0.0672 e. The Hall–Kier alpha value is -0.480. The Balaban J connectivity index is 2.89. The lowest BCUT2D eigenvalue weighted by Gasteiger charge is -2.15. The molecule has 0 amide bonds. The molecule has 1 heterocycles. The van der Waals surface area contributed by atoms with E-state index in [1.165, 1.54) is 34.9 Å². The van der Waals surface area contributed by atoms with E-state index in [0.717, 1.165) is 25.9 Å². The van der Waals surface area contributed by atoms with Gasteiger partial charge in [-0.05, 0) is 44.2 Å². The van der Waals surface area contributed by atoms with Crippen molar-refractivity contribution in [3.63, 3.8) is 0 Å². The number of aryl methyl sites for hydroxylation is 2. The van der Waals surface area contributed by atoms with Crippen LogP contribution in [0.1, 0.15) is 64.0 Å². The molecule has 0 aromatic carbocycles. The molecule has 0 aliphatic carbocycles. The molecule has 1 aromatic rings. The fraction of sp³-hybridized carbons (Fsp3) is 0.812. The van der Waals surface area contributed by atoms with E-state index in [-0.39, 0.29) is 0 Å². The monoisotopic (exact) mass is 297 g/mol. The number of thioether (sulfide) groups is 1. The Morgan fingerprint density at radius 2 is 1.95 bits per heavy atom. The van der Waals surface area contributed by atoms with Crippen molar-refractivity contribution in [2.24, 2.45) is 0 Å². The minimum atomic E-state index is 0.406. The first kappa shape index (κ1) is 17.6. The Bertz CT molecular complexity index is 387. The van der Waals surface area contributed by atoms with Gasteiger partial charge in [-0.25, -0.2) is 0 Å². The zero-order valence-electron chi connectivity index (χ0n) is 13.8. The average molecular weight is 298 g/mol. The lowest BCUT2D eigenvalue weighted by atomic mass is 10.0. The normalized spacial score (nSPS) is 12.8. The summed E-state index contributed by atoms with van der Waals surface area (Å²) in [4.78, 5) is 0. The Morgan fingerprint density at radius 1 is 1.20 bits per heavy atom. The zero-order valence-corrected chi connectivity index (χ0v) is 14.6. The van der Waals surface area contributed by atoms with Crippen LogP contribution in [0.4, 0.5) is 0 Å². The molecule has 0 bridgehead atoms. The van der Waals surface area contributed by atoms with Crippen molar-refractivity contribution in [3.8, 4) is 0 Å². The van der Waals surface area contributed by atoms with Crippen LogP contribution in [0.15, 0.2) is 0 Å². The molecule has 1 atom stereocenters. The van der Waals surface area contributed by atoms with Crippen molar-refractivity contribution in [3.05, 3.63) is 17.0 Å². The third-order valence-electron chi connectivity index (χ3n) is 3.65. The maximum Gasteiger partial charge on any atom is 0.0672 e. The Labute approximate surface area is 128 Å². The van der Waals surface area contributed by atoms with Gasteiger partial charge in [0.2, 0.25) is 0 Å². The van der Waals surface area contributed by atoms with E-state index < -0.39 is 0 Å². The van der Waals surface area contributed by atoms with Crippen molar-refractivity contribution in [1.82, 2.24) is 15.1 Å². The summed E-state index contributed by atoms with van der Waals surface area (Å²) in [5.74, 6) is 2.45. The molecule has 116 valence electrons. The summed E-state index contributed by atoms with van der Waals surface area (Å²) >= 11 is 2.02. The van der Waals surface area contributed by atoms with E-state index in [4.69, 9.17) is 5.10 Å². The van der Waals surface area contributed by atoms with Crippen LogP contribution in [0.3, 0.4) is 0 Å². The largest absolute Gasteiger partial charge is 0.310 e. The number of hydrogen-bond acceptors (Lipinski definition) is 3. The fourth-order valence-electron chi connectivity index (χ4n) is 2.75. The SMILES string of the molecule is CCNC(C)c1c(CC)nn(CCCSCC)c1CC. The van der Waals surface area contributed by atoms with E-state index in [1.54, 1.807) is 0 Å². The zero-order chi connectivity index (χ0) is 15.0. The lowest BCUT2D eigenvalue weighted by Crippen LogP contribution is -2.20. The Morgan fingerprint density at radius 3 is 2.50 bits per heavy atom. The van der Waals surface area contributed by atoms with Gasteiger partial charge in [-0.3, -0.25) is 4.68 Å². The third kappa shape index (κ3) is 4.52. The molecule has 0 saturated heterocycles. The van der Waals surface area contributed by atoms with Gasteiger partial charge in [0.1, 0.15) is 0 Å². The standard InChI is InChI=1S/C16H31N3S/c1-6-14-16(13(5)17-8-3)15(7-2)19(18-14)11-10-12-20-9-4/h13,17H,6-12H2,1-5H3. The second-order valence-corrected chi connectivity index (χ2v) is 6.46. The first-order chi connectivity index (χ1) is 9.69. The fourth-order valence-corrected chi connectivity index (χ4v) is 3.38. The molecule has 4 heteroatoms. The van der Waals surface area contributed by atoms with Crippen LogP contribution in [0.5, 0.6) is 0 Å². The minimum Gasteiger partial charge on any atom is -0.310 e. The number of nitrogens with one attached hydrogen (secondary N) is 1. The molecule has 0 spiro atoms. The quantitative estimate of drug-likeness (QED) is 0.666. The highest BCUT2D eigenvalue weighted by Crippen LogP contribution is 2.24. The van der Waals surface area contributed by atoms with Crippen molar-refractivity contribution >= 4 is 11.8 Å². The first-order valence-corrected chi connectivity index (χ1v) is 9.24. The highest BCUT2D eigenvalue weighted by molar-refractivity contribution is 7.99. The number of rotatable bonds is 10. The van der Waals surface area contributed by atoms with Gasteiger partial charge in [0.05, 0.1) is 5.69 Å². The van der Waals surface area contributed by atoms with Crippen LogP contribution in [-0.4, -0.2) is 27.8 Å². The summed E-state index contributed by atoms with van der Waals surface area (Å²) in [7, 11) is 0. The molecule has 0 saturated carbocycles. The van der Waals surface area contributed by atoms with Gasteiger partial charge in [-0.2, -0.15) is 16.9 Å². The van der Waals surface area contributed by atoms with Gasteiger partial charge < -0.3 is 5.32 Å². The van der Waals surface area contributed by atoms with E-state index in [0.29, 0.717) is 6.04 Å². The van der Waals surface area contributed by atoms with Crippen molar-refractivity contribution in [2.75, 3.05) is 18.1 Å². The number of nitrogens with zero attached hydrogens (tertiary/aromatic N) is 2. The summed E-state index contributed by atoms with van der Waals surface area (Å²) in [5.41, 5.74) is 4.15. The minimum absolute atomic E-state index is 0.406. The first-order valence-electron chi connectivity index (χ1n) is 8.08. The third-order valence-corrected chi connectivity index (χ3v) is 4.64. The lowest BCUT2D eigenvalue weighted by molar-refractivity contribution is 0.563. The van der Waals surface area contributed by atoms with E-state index in [2.05, 4.69) is 44.6 Å². The second-order valence-electron chi connectivity index (χ2n) is 5.07. The molecule has 20 heavy (non-hydrogen) atoms. The molecular weight excluding hydrogens is 266 g/mol. The van der Waals surface area contributed by atoms with Crippen LogP contribution in [-0.2, 0) is 19.4 Å². The molecule has 1 aromatic heterocycles. The van der Waals surface area contributed by atoms with Crippen LogP contribution < -0.4 is 5.32 Å². The molecular formula is C16H31N3S.